The molecule has 3 heteroatoms. The molecule has 0 saturated heterocycles. The summed E-state index contributed by atoms with van der Waals surface area (Å²) in [4.78, 5) is 8.69. The molecule has 0 amide bonds. The van der Waals surface area contributed by atoms with Crippen molar-refractivity contribution in [2.75, 3.05) is 6.54 Å². The lowest BCUT2D eigenvalue weighted by molar-refractivity contribution is 0.514. The van der Waals surface area contributed by atoms with Crippen LogP contribution in [0.5, 0.6) is 0 Å². The lowest BCUT2D eigenvalue weighted by atomic mass is 9.93. The van der Waals surface area contributed by atoms with E-state index >= 15 is 0 Å². The van der Waals surface area contributed by atoms with Gasteiger partial charge in [0.15, 0.2) is 0 Å². The van der Waals surface area contributed by atoms with Crippen LogP contribution >= 0.6 is 0 Å². The molecule has 2 aromatic rings. The second-order valence-electron chi connectivity index (χ2n) is 5.72. The maximum Gasteiger partial charge on any atom is 0.0759 e. The molecule has 1 unspecified atom stereocenters. The van der Waals surface area contributed by atoms with E-state index in [1.807, 2.05) is 6.20 Å². The number of rotatable bonds is 6. The van der Waals surface area contributed by atoms with Gasteiger partial charge in [0.2, 0.25) is 0 Å². The van der Waals surface area contributed by atoms with Crippen LogP contribution in [0.25, 0.3) is 0 Å². The van der Waals surface area contributed by atoms with Crippen molar-refractivity contribution in [2.24, 2.45) is 0 Å². The fraction of sp³-hybridized carbons (Fsp3) is 0.444. The number of nitrogens with zero attached hydrogens (tertiary/aromatic N) is 2. The van der Waals surface area contributed by atoms with Crippen molar-refractivity contribution in [1.29, 1.82) is 0 Å². The van der Waals surface area contributed by atoms with E-state index < -0.39 is 0 Å². The largest absolute Gasteiger partial charge is 0.308 e. The van der Waals surface area contributed by atoms with Crippen molar-refractivity contribution in [3.8, 4) is 0 Å². The van der Waals surface area contributed by atoms with Crippen molar-refractivity contribution in [3.05, 3.63) is 58.7 Å². The van der Waals surface area contributed by atoms with Crippen molar-refractivity contribution < 1.29 is 0 Å². The van der Waals surface area contributed by atoms with E-state index in [1.165, 1.54) is 22.3 Å². The molecule has 0 bridgehead atoms. The van der Waals surface area contributed by atoms with Gasteiger partial charge in [-0.15, -0.1) is 0 Å². The molecule has 1 atom stereocenters. The Labute approximate surface area is 127 Å². The quantitative estimate of drug-likeness (QED) is 0.878. The summed E-state index contributed by atoms with van der Waals surface area (Å²) >= 11 is 0. The topological polar surface area (TPSA) is 37.8 Å². The van der Waals surface area contributed by atoms with Crippen LogP contribution < -0.4 is 5.32 Å². The van der Waals surface area contributed by atoms with E-state index in [9.17, 15) is 0 Å². The smallest absolute Gasteiger partial charge is 0.0759 e. The van der Waals surface area contributed by atoms with Gasteiger partial charge in [-0.05, 0) is 56.8 Å². The van der Waals surface area contributed by atoms with E-state index in [0.717, 1.165) is 25.1 Å². The average Bonchev–Trinajstić information content (AvgIpc) is 2.46. The van der Waals surface area contributed by atoms with Crippen LogP contribution in [0.1, 0.15) is 47.3 Å². The highest BCUT2D eigenvalue weighted by Crippen LogP contribution is 2.23. The highest BCUT2D eigenvalue weighted by molar-refractivity contribution is 5.38. The Morgan fingerprint density at radius 3 is 2.38 bits per heavy atom. The minimum absolute atomic E-state index is 0.221. The maximum atomic E-state index is 4.48. The zero-order valence-corrected chi connectivity index (χ0v) is 13.5. The zero-order valence-electron chi connectivity index (χ0n) is 13.5. The van der Waals surface area contributed by atoms with E-state index in [2.05, 4.69) is 55.1 Å². The van der Waals surface area contributed by atoms with Gasteiger partial charge in [0.1, 0.15) is 0 Å². The molecule has 21 heavy (non-hydrogen) atoms. The third-order valence-electron chi connectivity index (χ3n) is 3.83. The molecule has 3 nitrogen and oxygen atoms in total. The lowest BCUT2D eigenvalue weighted by Crippen LogP contribution is -2.25. The standard InChI is InChI=1S/C18H25N3/c1-5-6-20-17(18-12-19-7-8-21-18)11-16-14(3)9-13(2)10-15(16)4/h7-10,12,17,20H,5-6,11H2,1-4H3. The van der Waals surface area contributed by atoms with Gasteiger partial charge in [-0.3, -0.25) is 9.97 Å². The van der Waals surface area contributed by atoms with Crippen molar-refractivity contribution in [2.45, 2.75) is 46.6 Å². The van der Waals surface area contributed by atoms with Crippen LogP contribution in [-0.2, 0) is 6.42 Å². The van der Waals surface area contributed by atoms with Gasteiger partial charge in [-0.25, -0.2) is 0 Å². The molecule has 1 N–H and O–H groups in total. The van der Waals surface area contributed by atoms with Gasteiger partial charge in [0.05, 0.1) is 11.7 Å². The number of hydrogen-bond donors (Lipinski definition) is 1. The maximum absolute atomic E-state index is 4.48. The number of benzene rings is 1. The molecule has 2 rings (SSSR count). The molecular formula is C18H25N3. The van der Waals surface area contributed by atoms with Gasteiger partial charge >= 0.3 is 0 Å². The van der Waals surface area contributed by atoms with E-state index in [-0.39, 0.29) is 6.04 Å². The lowest BCUT2D eigenvalue weighted by Gasteiger charge is -2.20. The minimum atomic E-state index is 0.221. The Morgan fingerprint density at radius 1 is 1.10 bits per heavy atom. The second-order valence-corrected chi connectivity index (χ2v) is 5.72. The van der Waals surface area contributed by atoms with Gasteiger partial charge in [-0.2, -0.15) is 0 Å². The predicted molar refractivity (Wildman–Crippen MR) is 87.4 cm³/mol. The highest BCUT2D eigenvalue weighted by atomic mass is 14.9. The van der Waals surface area contributed by atoms with Crippen LogP contribution in [-0.4, -0.2) is 16.5 Å². The second kappa shape index (κ2) is 7.32. The number of aromatic nitrogens is 2. The van der Waals surface area contributed by atoms with Crippen LogP contribution in [0.2, 0.25) is 0 Å². The fourth-order valence-electron chi connectivity index (χ4n) is 2.83. The fourth-order valence-corrected chi connectivity index (χ4v) is 2.83. The first-order chi connectivity index (χ1) is 10.1. The van der Waals surface area contributed by atoms with Gasteiger partial charge < -0.3 is 5.32 Å². The Morgan fingerprint density at radius 2 is 1.81 bits per heavy atom. The molecule has 0 aliphatic carbocycles. The summed E-state index contributed by atoms with van der Waals surface area (Å²) in [6.45, 7) is 9.72. The van der Waals surface area contributed by atoms with Gasteiger partial charge in [-0.1, -0.05) is 24.6 Å². The van der Waals surface area contributed by atoms with Crippen LogP contribution in [0.15, 0.2) is 30.7 Å². The summed E-state index contributed by atoms with van der Waals surface area (Å²) in [6.07, 6.45) is 7.43. The summed E-state index contributed by atoms with van der Waals surface area (Å²) in [5.74, 6) is 0. The van der Waals surface area contributed by atoms with E-state index in [4.69, 9.17) is 0 Å². The third kappa shape index (κ3) is 4.11. The highest BCUT2D eigenvalue weighted by Gasteiger charge is 2.16. The van der Waals surface area contributed by atoms with E-state index in [0.29, 0.717) is 0 Å². The first kappa shape index (κ1) is 15.6. The minimum Gasteiger partial charge on any atom is -0.308 e. The summed E-state index contributed by atoms with van der Waals surface area (Å²) in [5, 5.41) is 3.60. The van der Waals surface area contributed by atoms with Gasteiger partial charge in [0, 0.05) is 18.6 Å². The van der Waals surface area contributed by atoms with E-state index in [1.54, 1.807) is 12.4 Å². The van der Waals surface area contributed by atoms with Crippen molar-refractivity contribution >= 4 is 0 Å². The predicted octanol–water partition coefficient (Wildman–Crippen LogP) is 3.69. The molecular weight excluding hydrogens is 258 g/mol. The molecule has 0 aliphatic rings. The summed E-state index contributed by atoms with van der Waals surface area (Å²) in [7, 11) is 0. The SMILES string of the molecule is CCCNC(Cc1c(C)cc(C)cc1C)c1cnccn1. The zero-order chi connectivity index (χ0) is 15.2. The summed E-state index contributed by atoms with van der Waals surface area (Å²) < 4.78 is 0. The monoisotopic (exact) mass is 283 g/mol. The first-order valence-electron chi connectivity index (χ1n) is 7.67. The molecule has 0 aliphatic heterocycles. The van der Waals surface area contributed by atoms with Crippen LogP contribution in [0.4, 0.5) is 0 Å². The number of hydrogen-bond acceptors (Lipinski definition) is 3. The third-order valence-corrected chi connectivity index (χ3v) is 3.83. The molecule has 0 fully saturated rings. The van der Waals surface area contributed by atoms with Gasteiger partial charge in [0.25, 0.3) is 0 Å². The van der Waals surface area contributed by atoms with Crippen LogP contribution in [0.3, 0.4) is 0 Å². The molecule has 1 aromatic carbocycles. The molecule has 1 heterocycles. The Hall–Kier alpha value is -1.74. The molecule has 0 spiro atoms. The van der Waals surface area contributed by atoms with Crippen molar-refractivity contribution in [3.63, 3.8) is 0 Å². The van der Waals surface area contributed by atoms with Crippen molar-refractivity contribution in [1.82, 2.24) is 15.3 Å². The normalized spacial score (nSPS) is 12.4. The molecule has 0 radical (unpaired) electrons. The van der Waals surface area contributed by atoms with Crippen LogP contribution in [0, 0.1) is 20.8 Å². The Bertz CT molecular complexity index is 555. The average molecular weight is 283 g/mol. The number of aryl methyl sites for hydroxylation is 3. The molecule has 112 valence electrons. The summed E-state index contributed by atoms with van der Waals surface area (Å²) in [5.41, 5.74) is 6.48. The molecule has 0 saturated carbocycles. The number of nitrogens with one attached hydrogen (secondary N) is 1. The first-order valence-corrected chi connectivity index (χ1v) is 7.67. The summed E-state index contributed by atoms with van der Waals surface area (Å²) in [6, 6.07) is 4.74. The molecule has 1 aromatic heterocycles. The Balaban J connectivity index is 2.27. The Kier molecular flexibility index (Phi) is 5.45.